The number of rotatable bonds is 7. The zero-order chi connectivity index (χ0) is 21.1. The number of hydrazine groups is 1. The van der Waals surface area contributed by atoms with E-state index in [0.29, 0.717) is 12.2 Å². The lowest BCUT2D eigenvalue weighted by atomic mass is 10.1. The van der Waals surface area contributed by atoms with Crippen LogP contribution in [0.15, 0.2) is 48.5 Å². The smallest absolute Gasteiger partial charge is 0.252 e. The Morgan fingerprint density at radius 2 is 1.97 bits per heavy atom. The summed E-state index contributed by atoms with van der Waals surface area (Å²) in [5, 5.41) is 4.15. The van der Waals surface area contributed by atoms with Gasteiger partial charge >= 0.3 is 0 Å². The third kappa shape index (κ3) is 3.86. The third-order valence-electron chi connectivity index (χ3n) is 5.47. The highest BCUT2D eigenvalue weighted by Crippen LogP contribution is 2.33. The maximum absolute atomic E-state index is 12.6. The van der Waals surface area contributed by atoms with Gasteiger partial charge in [-0.25, -0.2) is 10.9 Å². The van der Waals surface area contributed by atoms with E-state index >= 15 is 0 Å². The first kappa shape index (κ1) is 20.3. The van der Waals surface area contributed by atoms with Crippen LogP contribution in [0, 0.1) is 0 Å². The van der Waals surface area contributed by atoms with E-state index in [0.717, 1.165) is 35.4 Å². The Morgan fingerprint density at radius 1 is 1.17 bits per heavy atom. The van der Waals surface area contributed by atoms with Gasteiger partial charge in [0.1, 0.15) is 11.5 Å². The fraction of sp³-hybridized carbons (Fsp3) is 0.348. The van der Waals surface area contributed by atoms with Crippen molar-refractivity contribution < 1.29 is 14.3 Å². The number of hydrogen-bond donors (Lipinski definition) is 3. The number of nitrogens with one attached hydrogen (secondary N) is 3. The van der Waals surface area contributed by atoms with Crippen LogP contribution in [0.4, 0.5) is 0 Å². The number of methoxy groups -OCH3 is 1. The summed E-state index contributed by atoms with van der Waals surface area (Å²) in [5.74, 6) is 1.51. The van der Waals surface area contributed by atoms with E-state index in [2.05, 4.69) is 39.8 Å². The van der Waals surface area contributed by atoms with Crippen LogP contribution in [-0.2, 0) is 6.54 Å². The van der Waals surface area contributed by atoms with Crippen LogP contribution in [0.25, 0.3) is 10.9 Å². The molecular formula is C23H28N4O3. The Labute approximate surface area is 176 Å². The highest BCUT2D eigenvalue weighted by atomic mass is 16.5. The molecule has 0 radical (unpaired) electrons. The van der Waals surface area contributed by atoms with Crippen molar-refractivity contribution >= 4 is 16.8 Å². The fourth-order valence-electron chi connectivity index (χ4n) is 4.05. The molecular weight excluding hydrogens is 380 g/mol. The second-order valence-electron chi connectivity index (χ2n) is 7.27. The molecule has 3 N–H and O–H groups in total. The highest BCUT2D eigenvalue weighted by Gasteiger charge is 2.29. The van der Waals surface area contributed by atoms with Crippen molar-refractivity contribution in [1.29, 1.82) is 0 Å². The molecule has 0 saturated carbocycles. The number of hydrogen-bond acceptors (Lipinski definition) is 5. The lowest BCUT2D eigenvalue weighted by molar-refractivity contribution is 0.0932. The monoisotopic (exact) mass is 408 g/mol. The average molecular weight is 409 g/mol. The molecule has 1 fully saturated rings. The predicted octanol–water partition coefficient (Wildman–Crippen LogP) is 3.36. The quantitative estimate of drug-likeness (QED) is 0.559. The largest absolute Gasteiger partial charge is 0.496 e. The van der Waals surface area contributed by atoms with Gasteiger partial charge in [-0.2, -0.15) is 0 Å². The number of benzene rings is 2. The van der Waals surface area contributed by atoms with Crippen LogP contribution < -0.4 is 25.6 Å². The summed E-state index contributed by atoms with van der Waals surface area (Å²) in [6.45, 7) is 5.53. The van der Waals surface area contributed by atoms with Crippen LogP contribution in [0.2, 0.25) is 0 Å². The Kier molecular flexibility index (Phi) is 5.92. The molecule has 2 atom stereocenters. The molecule has 2 aromatic carbocycles. The number of amides is 1. The third-order valence-corrected chi connectivity index (χ3v) is 5.47. The number of aromatic nitrogens is 1. The summed E-state index contributed by atoms with van der Waals surface area (Å²) in [6, 6.07) is 15.5. The van der Waals surface area contributed by atoms with Crippen LogP contribution in [-0.4, -0.2) is 30.4 Å². The number of nitrogens with zero attached hydrogens (tertiary/aromatic N) is 1. The molecule has 4 rings (SSSR count). The van der Waals surface area contributed by atoms with Crippen LogP contribution in [0.5, 0.6) is 11.5 Å². The molecule has 1 aliphatic heterocycles. The van der Waals surface area contributed by atoms with Crippen LogP contribution in [0.3, 0.4) is 0 Å². The minimum Gasteiger partial charge on any atom is -0.496 e. The van der Waals surface area contributed by atoms with Gasteiger partial charge in [0.05, 0.1) is 31.4 Å². The Hall–Kier alpha value is -3.03. The number of aryl methyl sites for hydroxylation is 1. The van der Waals surface area contributed by atoms with Crippen molar-refractivity contribution in [2.24, 2.45) is 0 Å². The molecule has 2 unspecified atom stereocenters. The molecule has 3 aromatic rings. The van der Waals surface area contributed by atoms with Gasteiger partial charge in [0.25, 0.3) is 5.91 Å². The summed E-state index contributed by atoms with van der Waals surface area (Å²) < 4.78 is 13.3. The standard InChI is InChI=1S/C23H28N4O3/c1-4-27-19-7-6-8-21(29-3)17(19)13-20(27)18-14-22(26-25-18)24-23(28)15-9-11-16(12-10-15)30-5-2/h6-13,18,22,25-26H,4-5,14H2,1-3H3,(H,24,28). The zero-order valence-electron chi connectivity index (χ0n) is 17.6. The molecule has 1 aliphatic rings. The molecule has 7 nitrogen and oxygen atoms in total. The summed E-state index contributed by atoms with van der Waals surface area (Å²) in [7, 11) is 1.69. The first-order valence-electron chi connectivity index (χ1n) is 10.4. The Morgan fingerprint density at radius 3 is 2.67 bits per heavy atom. The fourth-order valence-corrected chi connectivity index (χ4v) is 4.05. The van der Waals surface area contributed by atoms with Crippen LogP contribution in [0.1, 0.15) is 42.4 Å². The Bertz CT molecular complexity index is 1030. The Balaban J connectivity index is 1.47. The SMILES string of the molecule is CCOc1ccc(C(=O)NC2CC(c3cc4c(OC)cccc4n3CC)NN2)cc1. The van der Waals surface area contributed by atoms with Crippen molar-refractivity contribution in [3.05, 3.63) is 59.8 Å². The highest BCUT2D eigenvalue weighted by molar-refractivity contribution is 5.94. The van der Waals surface area contributed by atoms with Crippen molar-refractivity contribution in [3.8, 4) is 11.5 Å². The predicted molar refractivity (Wildman–Crippen MR) is 117 cm³/mol. The van der Waals surface area contributed by atoms with E-state index in [1.54, 1.807) is 19.2 Å². The van der Waals surface area contributed by atoms with Gasteiger partial charge in [-0.1, -0.05) is 6.07 Å². The zero-order valence-corrected chi connectivity index (χ0v) is 17.6. The van der Waals surface area contributed by atoms with Gasteiger partial charge in [-0.05, 0) is 56.3 Å². The second kappa shape index (κ2) is 8.77. The average Bonchev–Trinajstić information content (AvgIpc) is 3.38. The van der Waals surface area contributed by atoms with E-state index in [1.807, 2.05) is 31.2 Å². The van der Waals surface area contributed by atoms with Crippen molar-refractivity contribution in [2.45, 2.75) is 39.0 Å². The minimum atomic E-state index is -0.167. The van der Waals surface area contributed by atoms with Crippen molar-refractivity contribution in [2.75, 3.05) is 13.7 Å². The summed E-state index contributed by atoms with van der Waals surface area (Å²) in [5.41, 5.74) is 9.47. The minimum absolute atomic E-state index is 0.0766. The molecule has 0 spiro atoms. The first-order chi connectivity index (χ1) is 14.6. The number of ether oxygens (including phenoxy) is 2. The van der Waals surface area contributed by atoms with Gasteiger partial charge in [-0.3, -0.25) is 4.79 Å². The topological polar surface area (TPSA) is 76.5 Å². The lowest BCUT2D eigenvalue weighted by Crippen LogP contribution is -2.44. The summed E-state index contributed by atoms with van der Waals surface area (Å²) in [4.78, 5) is 12.6. The molecule has 0 aliphatic carbocycles. The van der Waals surface area contributed by atoms with Gasteiger partial charge in [-0.15, -0.1) is 0 Å². The molecule has 1 aromatic heterocycles. The summed E-state index contributed by atoms with van der Waals surface area (Å²) >= 11 is 0. The first-order valence-corrected chi connectivity index (χ1v) is 10.4. The molecule has 0 bridgehead atoms. The number of fused-ring (bicyclic) bond motifs is 1. The number of carbonyl (C=O) groups excluding carboxylic acids is 1. The van der Waals surface area contributed by atoms with Crippen molar-refractivity contribution in [3.63, 3.8) is 0 Å². The van der Waals surface area contributed by atoms with E-state index in [9.17, 15) is 4.79 Å². The molecule has 30 heavy (non-hydrogen) atoms. The molecule has 158 valence electrons. The van der Waals surface area contributed by atoms with E-state index in [4.69, 9.17) is 9.47 Å². The molecule has 1 saturated heterocycles. The summed E-state index contributed by atoms with van der Waals surface area (Å²) in [6.07, 6.45) is 0.570. The van der Waals surface area contributed by atoms with Gasteiger partial charge in [0.15, 0.2) is 0 Å². The van der Waals surface area contributed by atoms with Gasteiger partial charge in [0.2, 0.25) is 0 Å². The molecule has 2 heterocycles. The van der Waals surface area contributed by atoms with Crippen LogP contribution >= 0.6 is 0 Å². The van der Waals surface area contributed by atoms with E-state index in [1.165, 1.54) is 5.69 Å². The molecule has 1 amide bonds. The van der Waals surface area contributed by atoms with Gasteiger partial charge in [0, 0.05) is 29.6 Å². The molecule has 7 heteroatoms. The van der Waals surface area contributed by atoms with E-state index in [-0.39, 0.29) is 18.1 Å². The second-order valence-corrected chi connectivity index (χ2v) is 7.27. The van der Waals surface area contributed by atoms with Gasteiger partial charge < -0.3 is 19.4 Å². The maximum Gasteiger partial charge on any atom is 0.252 e. The van der Waals surface area contributed by atoms with E-state index < -0.39 is 0 Å². The van der Waals surface area contributed by atoms with Crippen molar-refractivity contribution in [1.82, 2.24) is 20.7 Å². The maximum atomic E-state index is 12.6. The number of carbonyl (C=O) groups is 1. The normalized spacial score (nSPS) is 18.5. The lowest BCUT2D eigenvalue weighted by Gasteiger charge is -2.14.